The van der Waals surface area contributed by atoms with Gasteiger partial charge in [0.15, 0.2) is 0 Å². The molecule has 1 heterocycles. The highest BCUT2D eigenvalue weighted by atomic mass is 35.5. The van der Waals surface area contributed by atoms with Crippen LogP contribution in [0.2, 0.25) is 5.02 Å². The Bertz CT molecular complexity index is 542. The van der Waals surface area contributed by atoms with Crippen molar-refractivity contribution in [2.24, 2.45) is 0 Å². The van der Waals surface area contributed by atoms with Crippen molar-refractivity contribution in [1.29, 1.82) is 0 Å². The van der Waals surface area contributed by atoms with Gasteiger partial charge in [0.2, 0.25) is 5.91 Å². The van der Waals surface area contributed by atoms with Crippen LogP contribution in [0.15, 0.2) is 24.3 Å². The summed E-state index contributed by atoms with van der Waals surface area (Å²) >= 11 is 6.29. The Morgan fingerprint density at radius 1 is 1.36 bits per heavy atom. The molecule has 2 aliphatic rings. The molecule has 3 rings (SSSR count). The lowest BCUT2D eigenvalue weighted by Crippen LogP contribution is -2.39. The molecule has 3 nitrogen and oxygen atoms in total. The summed E-state index contributed by atoms with van der Waals surface area (Å²) in [6.45, 7) is 1.16. The number of likely N-dealkylation sites (tertiary alicyclic amines) is 1. The second-order valence-electron chi connectivity index (χ2n) is 6.78. The van der Waals surface area contributed by atoms with E-state index in [1.807, 2.05) is 24.3 Å². The van der Waals surface area contributed by atoms with Gasteiger partial charge in [0.1, 0.15) is 0 Å². The molecule has 1 saturated carbocycles. The maximum absolute atomic E-state index is 12.4. The van der Waals surface area contributed by atoms with Crippen LogP contribution in [-0.2, 0) is 10.3 Å². The zero-order chi connectivity index (χ0) is 15.6. The van der Waals surface area contributed by atoms with Crippen LogP contribution in [0.3, 0.4) is 0 Å². The molecular formula is C18H25ClN2O. The number of benzene rings is 1. The van der Waals surface area contributed by atoms with E-state index in [4.69, 9.17) is 11.6 Å². The summed E-state index contributed by atoms with van der Waals surface area (Å²) in [7, 11) is 2.17. The molecule has 1 aromatic rings. The van der Waals surface area contributed by atoms with Crippen LogP contribution in [0.1, 0.15) is 50.5 Å². The van der Waals surface area contributed by atoms with E-state index in [-0.39, 0.29) is 11.4 Å². The first-order valence-electron chi connectivity index (χ1n) is 8.37. The van der Waals surface area contributed by atoms with E-state index in [1.54, 1.807) is 0 Å². The zero-order valence-electron chi connectivity index (χ0n) is 13.3. The van der Waals surface area contributed by atoms with Gasteiger partial charge in [0, 0.05) is 17.5 Å². The minimum absolute atomic E-state index is 0.163. The maximum Gasteiger partial charge on any atom is 0.220 e. The Morgan fingerprint density at radius 3 is 2.82 bits per heavy atom. The van der Waals surface area contributed by atoms with Gasteiger partial charge in [0.05, 0.1) is 5.54 Å². The summed E-state index contributed by atoms with van der Waals surface area (Å²) in [6.07, 6.45) is 7.36. The number of halogens is 1. The van der Waals surface area contributed by atoms with E-state index in [2.05, 4.69) is 17.3 Å². The highest BCUT2D eigenvalue weighted by Gasteiger charge is 2.46. The zero-order valence-corrected chi connectivity index (χ0v) is 14.0. The van der Waals surface area contributed by atoms with Crippen molar-refractivity contribution in [3.8, 4) is 0 Å². The lowest BCUT2D eigenvalue weighted by molar-refractivity contribution is -0.122. The van der Waals surface area contributed by atoms with Crippen LogP contribution in [0.25, 0.3) is 0 Å². The Kier molecular flexibility index (Phi) is 4.74. The second kappa shape index (κ2) is 6.59. The van der Waals surface area contributed by atoms with Gasteiger partial charge in [-0.1, -0.05) is 36.2 Å². The van der Waals surface area contributed by atoms with Crippen LogP contribution in [0.5, 0.6) is 0 Å². The van der Waals surface area contributed by atoms with Gasteiger partial charge < -0.3 is 10.2 Å². The summed E-state index contributed by atoms with van der Waals surface area (Å²) < 4.78 is 0. The molecule has 1 aliphatic heterocycles. The molecular weight excluding hydrogens is 296 g/mol. The van der Waals surface area contributed by atoms with Gasteiger partial charge in [-0.3, -0.25) is 4.79 Å². The van der Waals surface area contributed by atoms with Crippen LogP contribution in [0.4, 0.5) is 0 Å². The van der Waals surface area contributed by atoms with Crippen LogP contribution in [-0.4, -0.2) is 30.4 Å². The van der Waals surface area contributed by atoms with Crippen LogP contribution >= 0.6 is 11.6 Å². The molecule has 120 valence electrons. The van der Waals surface area contributed by atoms with Crippen molar-refractivity contribution >= 4 is 17.5 Å². The molecule has 2 fully saturated rings. The fourth-order valence-electron chi connectivity index (χ4n) is 3.57. The van der Waals surface area contributed by atoms with Crippen LogP contribution < -0.4 is 5.32 Å². The molecule has 1 aromatic carbocycles. The predicted molar refractivity (Wildman–Crippen MR) is 90.0 cm³/mol. The molecule has 4 heteroatoms. The number of carbonyl (C=O) groups is 1. The molecule has 1 unspecified atom stereocenters. The minimum Gasteiger partial charge on any atom is -0.347 e. The normalized spacial score (nSPS) is 24.0. The predicted octanol–water partition coefficient (Wildman–Crippen LogP) is 3.71. The molecule has 1 N–H and O–H groups in total. The number of nitrogens with one attached hydrogen (secondary N) is 1. The van der Waals surface area contributed by atoms with E-state index < -0.39 is 0 Å². The average Bonchev–Trinajstić information content (AvgIpc) is 3.27. The molecule has 22 heavy (non-hydrogen) atoms. The molecule has 1 atom stereocenters. The van der Waals surface area contributed by atoms with Gasteiger partial charge >= 0.3 is 0 Å². The van der Waals surface area contributed by atoms with Gasteiger partial charge in [-0.2, -0.15) is 0 Å². The Balaban J connectivity index is 1.55. The number of hydrogen-bond donors (Lipinski definition) is 1. The Morgan fingerprint density at radius 2 is 2.14 bits per heavy atom. The van der Waals surface area contributed by atoms with E-state index in [0.717, 1.165) is 36.4 Å². The molecule has 0 aromatic heterocycles. The van der Waals surface area contributed by atoms with Crippen molar-refractivity contribution < 1.29 is 4.79 Å². The fraction of sp³-hybridized carbons (Fsp3) is 0.611. The molecule has 0 bridgehead atoms. The fourth-order valence-corrected chi connectivity index (χ4v) is 3.89. The topological polar surface area (TPSA) is 32.3 Å². The summed E-state index contributed by atoms with van der Waals surface area (Å²) in [5, 5.41) is 3.99. The highest BCUT2D eigenvalue weighted by Crippen LogP contribution is 2.48. The number of rotatable bonds is 5. The van der Waals surface area contributed by atoms with Crippen molar-refractivity contribution in [1.82, 2.24) is 10.2 Å². The monoisotopic (exact) mass is 320 g/mol. The number of piperidine rings is 1. The molecule has 1 saturated heterocycles. The summed E-state index contributed by atoms with van der Waals surface area (Å²) in [5.41, 5.74) is 0.869. The minimum atomic E-state index is -0.201. The van der Waals surface area contributed by atoms with Crippen molar-refractivity contribution in [2.75, 3.05) is 13.6 Å². The van der Waals surface area contributed by atoms with E-state index in [1.165, 1.54) is 19.3 Å². The molecule has 0 spiro atoms. The average molecular weight is 321 g/mol. The number of amides is 1. The van der Waals surface area contributed by atoms with E-state index in [0.29, 0.717) is 12.5 Å². The Labute approximate surface area is 138 Å². The Hall–Kier alpha value is -1.06. The molecule has 1 aliphatic carbocycles. The first kappa shape index (κ1) is 15.8. The summed E-state index contributed by atoms with van der Waals surface area (Å²) in [5.74, 6) is 0.163. The summed E-state index contributed by atoms with van der Waals surface area (Å²) in [6, 6.07) is 8.42. The third-order valence-electron chi connectivity index (χ3n) is 5.14. The van der Waals surface area contributed by atoms with Gasteiger partial charge in [0.25, 0.3) is 0 Å². The highest BCUT2D eigenvalue weighted by molar-refractivity contribution is 6.31. The van der Waals surface area contributed by atoms with Crippen molar-refractivity contribution in [2.45, 2.75) is 56.5 Å². The maximum atomic E-state index is 12.4. The van der Waals surface area contributed by atoms with Gasteiger partial charge in [-0.05, 0) is 57.3 Å². The lowest BCUT2D eigenvalue weighted by Gasteiger charge is -2.32. The number of carbonyl (C=O) groups excluding carboxylic acids is 1. The standard InChI is InChI=1S/C18H25ClN2O/c1-21-13-5-4-6-14(21)9-10-17(22)20-18(11-12-18)15-7-2-3-8-16(15)19/h2-3,7-8,14H,4-6,9-13H2,1H3,(H,20,22). The van der Waals surface area contributed by atoms with Gasteiger partial charge in [-0.15, -0.1) is 0 Å². The smallest absolute Gasteiger partial charge is 0.220 e. The van der Waals surface area contributed by atoms with Gasteiger partial charge in [-0.25, -0.2) is 0 Å². The SMILES string of the molecule is CN1CCCCC1CCC(=O)NC1(c2ccccc2Cl)CC1. The molecule has 1 amide bonds. The summed E-state index contributed by atoms with van der Waals surface area (Å²) in [4.78, 5) is 14.8. The van der Waals surface area contributed by atoms with E-state index >= 15 is 0 Å². The van der Waals surface area contributed by atoms with Crippen LogP contribution in [0, 0.1) is 0 Å². The first-order chi connectivity index (χ1) is 10.6. The number of nitrogens with zero attached hydrogens (tertiary/aromatic N) is 1. The molecule has 0 radical (unpaired) electrons. The third-order valence-corrected chi connectivity index (χ3v) is 5.47. The quantitative estimate of drug-likeness (QED) is 0.897. The van der Waals surface area contributed by atoms with Crippen molar-refractivity contribution in [3.05, 3.63) is 34.9 Å². The van der Waals surface area contributed by atoms with Crippen molar-refractivity contribution in [3.63, 3.8) is 0 Å². The third kappa shape index (κ3) is 3.47. The number of hydrogen-bond acceptors (Lipinski definition) is 2. The first-order valence-corrected chi connectivity index (χ1v) is 8.75. The van der Waals surface area contributed by atoms with E-state index in [9.17, 15) is 4.79 Å². The lowest BCUT2D eigenvalue weighted by atomic mass is 9.98. The largest absolute Gasteiger partial charge is 0.347 e. The second-order valence-corrected chi connectivity index (χ2v) is 7.19.